The Bertz CT molecular complexity index is 381. The van der Waals surface area contributed by atoms with Crippen molar-refractivity contribution in [3.05, 3.63) is 35.6 Å². The van der Waals surface area contributed by atoms with Crippen LogP contribution in [0.25, 0.3) is 0 Å². The van der Waals surface area contributed by atoms with Crippen molar-refractivity contribution in [3.63, 3.8) is 0 Å². The fraction of sp³-hybridized carbons (Fsp3) is 0.647. The van der Waals surface area contributed by atoms with Crippen molar-refractivity contribution in [2.24, 2.45) is 5.92 Å². The molecule has 0 heterocycles. The quantitative estimate of drug-likeness (QED) is 0.784. The largest absolute Gasteiger partial charge is 0.311 e. The van der Waals surface area contributed by atoms with Crippen molar-refractivity contribution in [2.75, 3.05) is 6.54 Å². The van der Waals surface area contributed by atoms with Crippen molar-refractivity contribution >= 4 is 0 Å². The van der Waals surface area contributed by atoms with Crippen LogP contribution in [-0.2, 0) is 0 Å². The summed E-state index contributed by atoms with van der Waals surface area (Å²) in [4.78, 5) is 0. The normalized spacial score (nSPS) is 15.3. The number of nitrogens with one attached hydrogen (secondary N) is 1. The number of rotatable bonds is 6. The fourth-order valence-electron chi connectivity index (χ4n) is 2.21. The molecule has 0 spiro atoms. The van der Waals surface area contributed by atoms with E-state index in [4.69, 9.17) is 0 Å². The molecule has 2 atom stereocenters. The standard InChI is InChI=1S/C17H28FN/c1-6-13(2)11-14(12-19-17(3,4)5)15-9-7-8-10-16(15)18/h7-10,13-14,19H,6,11-12H2,1-5H3. The van der Waals surface area contributed by atoms with Crippen LogP contribution in [0.3, 0.4) is 0 Å². The average Bonchev–Trinajstić information content (AvgIpc) is 2.34. The van der Waals surface area contributed by atoms with E-state index in [-0.39, 0.29) is 17.3 Å². The summed E-state index contributed by atoms with van der Waals surface area (Å²) in [6.45, 7) is 11.7. The Balaban J connectivity index is 2.83. The van der Waals surface area contributed by atoms with Crippen molar-refractivity contribution in [2.45, 2.75) is 58.9 Å². The highest BCUT2D eigenvalue weighted by molar-refractivity contribution is 5.22. The van der Waals surface area contributed by atoms with E-state index in [9.17, 15) is 4.39 Å². The van der Waals surface area contributed by atoms with Gasteiger partial charge in [-0.2, -0.15) is 0 Å². The molecule has 2 heteroatoms. The van der Waals surface area contributed by atoms with E-state index in [1.165, 1.54) is 0 Å². The molecular weight excluding hydrogens is 237 g/mol. The minimum atomic E-state index is -0.0773. The third-order valence-corrected chi connectivity index (χ3v) is 3.61. The first-order valence-corrected chi connectivity index (χ1v) is 7.33. The molecule has 0 saturated heterocycles. The molecule has 19 heavy (non-hydrogen) atoms. The molecule has 0 radical (unpaired) electrons. The molecule has 0 aliphatic rings. The minimum Gasteiger partial charge on any atom is -0.311 e. The van der Waals surface area contributed by atoms with Gasteiger partial charge in [0, 0.05) is 12.1 Å². The molecule has 0 saturated carbocycles. The van der Waals surface area contributed by atoms with Gasteiger partial charge in [0.05, 0.1) is 0 Å². The summed E-state index contributed by atoms with van der Waals surface area (Å²) in [6, 6.07) is 7.18. The maximum absolute atomic E-state index is 14.0. The molecular formula is C17H28FN. The smallest absolute Gasteiger partial charge is 0.126 e. The Hall–Kier alpha value is -0.890. The molecule has 0 fully saturated rings. The van der Waals surface area contributed by atoms with Gasteiger partial charge in [0.2, 0.25) is 0 Å². The molecule has 0 bridgehead atoms. The predicted molar refractivity (Wildman–Crippen MR) is 81.0 cm³/mol. The summed E-state index contributed by atoms with van der Waals surface area (Å²) >= 11 is 0. The first kappa shape index (κ1) is 16.2. The van der Waals surface area contributed by atoms with Crippen LogP contribution in [0.15, 0.2) is 24.3 Å². The summed E-state index contributed by atoms with van der Waals surface area (Å²) in [5.41, 5.74) is 0.915. The van der Waals surface area contributed by atoms with Gasteiger partial charge in [-0.15, -0.1) is 0 Å². The summed E-state index contributed by atoms with van der Waals surface area (Å²) in [5.74, 6) is 0.785. The molecule has 2 unspecified atom stereocenters. The van der Waals surface area contributed by atoms with Crippen molar-refractivity contribution in [3.8, 4) is 0 Å². The predicted octanol–water partition coefficient (Wildman–Crippen LogP) is 4.73. The molecule has 1 aromatic carbocycles. The summed E-state index contributed by atoms with van der Waals surface area (Å²) in [6.07, 6.45) is 2.17. The first-order chi connectivity index (χ1) is 8.83. The van der Waals surface area contributed by atoms with Gasteiger partial charge in [0.15, 0.2) is 0 Å². The van der Waals surface area contributed by atoms with E-state index in [0.29, 0.717) is 5.92 Å². The van der Waals surface area contributed by atoms with E-state index in [1.807, 2.05) is 12.1 Å². The van der Waals surface area contributed by atoms with Crippen LogP contribution in [0.2, 0.25) is 0 Å². The van der Waals surface area contributed by atoms with Crippen molar-refractivity contribution in [1.82, 2.24) is 5.32 Å². The molecule has 1 rings (SSSR count). The van der Waals surface area contributed by atoms with E-state index in [1.54, 1.807) is 12.1 Å². The van der Waals surface area contributed by atoms with Gasteiger partial charge in [-0.25, -0.2) is 4.39 Å². The zero-order chi connectivity index (χ0) is 14.5. The summed E-state index contributed by atoms with van der Waals surface area (Å²) in [7, 11) is 0. The Morgan fingerprint density at radius 2 is 1.84 bits per heavy atom. The molecule has 0 aromatic heterocycles. The third kappa shape index (κ3) is 5.73. The monoisotopic (exact) mass is 265 g/mol. The average molecular weight is 265 g/mol. The van der Waals surface area contributed by atoms with E-state index >= 15 is 0 Å². The molecule has 108 valence electrons. The number of hydrogen-bond donors (Lipinski definition) is 1. The lowest BCUT2D eigenvalue weighted by Gasteiger charge is -2.27. The highest BCUT2D eigenvalue weighted by Gasteiger charge is 2.20. The lowest BCUT2D eigenvalue weighted by molar-refractivity contribution is 0.366. The van der Waals surface area contributed by atoms with Crippen LogP contribution in [0, 0.1) is 11.7 Å². The second kappa shape index (κ2) is 7.04. The summed E-state index contributed by atoms with van der Waals surface area (Å²) in [5, 5.41) is 3.51. The van der Waals surface area contributed by atoms with Crippen LogP contribution in [0.5, 0.6) is 0 Å². The molecule has 0 aliphatic carbocycles. The van der Waals surface area contributed by atoms with Crippen molar-refractivity contribution in [1.29, 1.82) is 0 Å². The van der Waals surface area contributed by atoms with Crippen LogP contribution in [-0.4, -0.2) is 12.1 Å². The van der Waals surface area contributed by atoms with Crippen LogP contribution >= 0.6 is 0 Å². The topological polar surface area (TPSA) is 12.0 Å². The number of halogens is 1. The Morgan fingerprint density at radius 1 is 1.21 bits per heavy atom. The molecule has 1 N–H and O–H groups in total. The molecule has 0 amide bonds. The van der Waals surface area contributed by atoms with Gasteiger partial charge in [0.1, 0.15) is 5.82 Å². The maximum Gasteiger partial charge on any atom is 0.126 e. The minimum absolute atomic E-state index is 0.0684. The van der Waals surface area contributed by atoms with Gasteiger partial charge in [-0.05, 0) is 50.7 Å². The Morgan fingerprint density at radius 3 is 2.37 bits per heavy atom. The van der Waals surface area contributed by atoms with Gasteiger partial charge in [-0.1, -0.05) is 38.5 Å². The van der Waals surface area contributed by atoms with E-state index in [0.717, 1.165) is 24.9 Å². The third-order valence-electron chi connectivity index (χ3n) is 3.61. The zero-order valence-corrected chi connectivity index (χ0v) is 13.0. The SMILES string of the molecule is CCC(C)CC(CNC(C)(C)C)c1ccccc1F. The summed E-state index contributed by atoms with van der Waals surface area (Å²) < 4.78 is 14.0. The zero-order valence-electron chi connectivity index (χ0n) is 13.0. The first-order valence-electron chi connectivity index (χ1n) is 7.33. The number of benzene rings is 1. The lowest BCUT2D eigenvalue weighted by Crippen LogP contribution is -2.39. The maximum atomic E-state index is 14.0. The van der Waals surface area contributed by atoms with Crippen LogP contribution < -0.4 is 5.32 Å². The van der Waals surface area contributed by atoms with Gasteiger partial charge in [0.25, 0.3) is 0 Å². The molecule has 1 nitrogen and oxygen atoms in total. The van der Waals surface area contributed by atoms with Crippen LogP contribution in [0.1, 0.15) is 58.9 Å². The van der Waals surface area contributed by atoms with Gasteiger partial charge in [-0.3, -0.25) is 0 Å². The fourth-order valence-corrected chi connectivity index (χ4v) is 2.21. The lowest BCUT2D eigenvalue weighted by atomic mass is 9.87. The van der Waals surface area contributed by atoms with Crippen molar-refractivity contribution < 1.29 is 4.39 Å². The van der Waals surface area contributed by atoms with E-state index < -0.39 is 0 Å². The van der Waals surface area contributed by atoms with Crippen LogP contribution in [0.4, 0.5) is 4.39 Å². The second-order valence-electron chi connectivity index (χ2n) is 6.60. The second-order valence-corrected chi connectivity index (χ2v) is 6.60. The molecule has 0 aliphatic heterocycles. The van der Waals surface area contributed by atoms with Gasteiger partial charge >= 0.3 is 0 Å². The Kier molecular flexibility index (Phi) is 5.99. The molecule has 1 aromatic rings. The highest BCUT2D eigenvalue weighted by atomic mass is 19.1. The Labute approximate surface area is 117 Å². The highest BCUT2D eigenvalue weighted by Crippen LogP contribution is 2.27. The number of hydrogen-bond acceptors (Lipinski definition) is 1. The van der Waals surface area contributed by atoms with Gasteiger partial charge < -0.3 is 5.32 Å². The van der Waals surface area contributed by atoms with E-state index in [2.05, 4.69) is 39.9 Å².